The molecule has 0 N–H and O–H groups in total. The summed E-state index contributed by atoms with van der Waals surface area (Å²) in [7, 11) is 0. The predicted octanol–water partition coefficient (Wildman–Crippen LogP) is 10.0. The maximum absolute atomic E-state index is 14.5. The molecule has 0 amide bonds. The summed E-state index contributed by atoms with van der Waals surface area (Å²) < 4.78 is 32.8. The molecule has 6 rings (SSSR count). The summed E-state index contributed by atoms with van der Waals surface area (Å²) in [6, 6.07) is 35.0. The zero-order valence-electron chi connectivity index (χ0n) is 24.6. The van der Waals surface area contributed by atoms with Crippen LogP contribution in [0.15, 0.2) is 116 Å². The van der Waals surface area contributed by atoms with E-state index >= 15 is 0 Å². The van der Waals surface area contributed by atoms with Gasteiger partial charge in [-0.05, 0) is 0 Å². The summed E-state index contributed by atoms with van der Waals surface area (Å²) in [6.07, 6.45) is 4.72. The fourth-order valence-electron chi connectivity index (χ4n) is 4.82. The van der Waals surface area contributed by atoms with E-state index in [1.54, 1.807) is 18.2 Å². The fourth-order valence-corrected chi connectivity index (χ4v) is 8.46. The van der Waals surface area contributed by atoms with Gasteiger partial charge in [0.15, 0.2) is 0 Å². The number of halogens is 2. The summed E-state index contributed by atoms with van der Waals surface area (Å²) in [5, 5.41) is 0. The SMILES string of the molecule is C=Cc1ccc(-c2ccc(-c3ccc(CC)cc3)cc2F)[se]1.CCc1ccc(-c2ccc(-c3ccc(C=O)[se]3)c(F)c2)cc1. The summed E-state index contributed by atoms with van der Waals surface area (Å²) >= 11 is 0.0692. The second kappa shape index (κ2) is 14.8. The van der Waals surface area contributed by atoms with Crippen LogP contribution in [0.2, 0.25) is 0 Å². The molecule has 1 nitrogen and oxygen atoms in total. The summed E-state index contributed by atoms with van der Waals surface area (Å²) in [6.45, 7) is 8.03. The van der Waals surface area contributed by atoms with Crippen LogP contribution in [-0.4, -0.2) is 35.3 Å². The van der Waals surface area contributed by atoms with Crippen LogP contribution < -0.4 is 0 Å². The monoisotopic (exact) mass is 714 g/mol. The molecular weight excluding hydrogens is 680 g/mol. The molecular formula is C39H32F2OSe2. The standard InChI is InChI=1S/C20H17FSe.C19H15FOSe/c1-3-14-5-7-15(8-6-14)16-9-11-18(19(21)13-16)20-12-10-17(4-2)22-20;1-2-13-3-5-14(6-4-13)15-7-9-17(18(20)11-15)19-10-8-16(12-21)22-19/h4-13H,2-3H2,1H3;3-12H,2H2,1H3. The first-order valence-electron chi connectivity index (χ1n) is 14.5. The molecule has 0 spiro atoms. The first kappa shape index (κ1) is 31.6. The van der Waals surface area contributed by atoms with Crippen molar-refractivity contribution >= 4 is 41.4 Å². The van der Waals surface area contributed by atoms with Crippen molar-refractivity contribution in [2.75, 3.05) is 0 Å². The van der Waals surface area contributed by atoms with Gasteiger partial charge in [-0.25, -0.2) is 0 Å². The van der Waals surface area contributed by atoms with E-state index < -0.39 is 0 Å². The molecule has 0 aliphatic carbocycles. The molecule has 0 aliphatic heterocycles. The molecule has 0 aliphatic rings. The Bertz CT molecular complexity index is 1740. The van der Waals surface area contributed by atoms with Crippen molar-refractivity contribution in [3.8, 4) is 42.3 Å². The van der Waals surface area contributed by atoms with Crippen LogP contribution in [0, 0.1) is 11.6 Å². The third kappa shape index (κ3) is 7.43. The Hall–Kier alpha value is -3.85. The molecule has 0 saturated carbocycles. The van der Waals surface area contributed by atoms with Crippen molar-refractivity contribution in [3.63, 3.8) is 0 Å². The topological polar surface area (TPSA) is 17.1 Å². The van der Waals surface area contributed by atoms with Crippen molar-refractivity contribution < 1.29 is 13.6 Å². The van der Waals surface area contributed by atoms with Gasteiger partial charge >= 0.3 is 271 Å². The predicted molar refractivity (Wildman–Crippen MR) is 183 cm³/mol. The molecule has 2 heterocycles. The van der Waals surface area contributed by atoms with Crippen LogP contribution in [0.5, 0.6) is 0 Å². The third-order valence-electron chi connectivity index (χ3n) is 7.43. The molecule has 6 aromatic rings. The van der Waals surface area contributed by atoms with E-state index in [9.17, 15) is 13.6 Å². The van der Waals surface area contributed by atoms with Crippen molar-refractivity contribution in [3.05, 3.63) is 147 Å². The van der Waals surface area contributed by atoms with Gasteiger partial charge in [-0.1, -0.05) is 0 Å². The van der Waals surface area contributed by atoms with Gasteiger partial charge in [0.05, 0.1) is 0 Å². The molecule has 4 aromatic carbocycles. The maximum atomic E-state index is 14.5. The molecule has 0 fully saturated rings. The van der Waals surface area contributed by atoms with Gasteiger partial charge in [-0.2, -0.15) is 0 Å². The minimum absolute atomic E-state index is 0.0904. The van der Waals surface area contributed by atoms with Gasteiger partial charge in [0.1, 0.15) is 0 Å². The minimum atomic E-state index is -0.231. The Morgan fingerprint density at radius 2 is 0.977 bits per heavy atom. The quantitative estimate of drug-likeness (QED) is 0.113. The van der Waals surface area contributed by atoms with E-state index in [0.29, 0.717) is 11.1 Å². The number of benzene rings is 4. The Morgan fingerprint density at radius 1 is 0.568 bits per heavy atom. The number of aryl methyl sites for hydroxylation is 2. The van der Waals surface area contributed by atoms with Gasteiger partial charge in [-0.3, -0.25) is 0 Å². The molecule has 0 bridgehead atoms. The summed E-state index contributed by atoms with van der Waals surface area (Å²) in [5.74, 6) is -0.380. The normalized spacial score (nSPS) is 10.6. The number of hydrogen-bond donors (Lipinski definition) is 0. The molecule has 5 heteroatoms. The van der Waals surface area contributed by atoms with E-state index in [2.05, 4.69) is 56.8 Å². The molecule has 0 atom stereocenters. The fraction of sp³-hybridized carbons (Fsp3) is 0.103. The van der Waals surface area contributed by atoms with Crippen LogP contribution in [0.3, 0.4) is 0 Å². The van der Waals surface area contributed by atoms with Crippen LogP contribution in [0.25, 0.3) is 48.3 Å². The van der Waals surface area contributed by atoms with Gasteiger partial charge in [0.25, 0.3) is 0 Å². The number of rotatable bonds is 8. The second-order valence-electron chi connectivity index (χ2n) is 10.2. The first-order valence-corrected chi connectivity index (χ1v) is 17.9. The molecule has 0 saturated heterocycles. The average molecular weight is 713 g/mol. The van der Waals surface area contributed by atoms with Gasteiger partial charge < -0.3 is 0 Å². The number of carbonyl (C=O) groups excluding carboxylic acids is 1. The van der Waals surface area contributed by atoms with E-state index in [-0.39, 0.29) is 40.6 Å². The number of hydrogen-bond acceptors (Lipinski definition) is 1. The van der Waals surface area contributed by atoms with Crippen LogP contribution in [0.1, 0.15) is 38.6 Å². The van der Waals surface area contributed by atoms with Crippen molar-refractivity contribution in [2.24, 2.45) is 0 Å². The summed E-state index contributed by atoms with van der Waals surface area (Å²) in [5.41, 5.74) is 7.74. The molecule has 2 aromatic heterocycles. The zero-order valence-corrected chi connectivity index (χ0v) is 28.1. The summed E-state index contributed by atoms with van der Waals surface area (Å²) in [4.78, 5) is 10.8. The molecule has 0 radical (unpaired) electrons. The van der Waals surface area contributed by atoms with Crippen molar-refractivity contribution in [1.82, 2.24) is 0 Å². The number of aldehydes is 1. The van der Waals surface area contributed by atoms with E-state index in [4.69, 9.17) is 0 Å². The van der Waals surface area contributed by atoms with Crippen molar-refractivity contribution in [1.29, 1.82) is 0 Å². The van der Waals surface area contributed by atoms with Gasteiger partial charge in [0, 0.05) is 0 Å². The van der Waals surface area contributed by atoms with E-state index in [1.807, 2.05) is 60.7 Å². The van der Waals surface area contributed by atoms with Gasteiger partial charge in [0.2, 0.25) is 0 Å². The Kier molecular flexibility index (Phi) is 10.6. The van der Waals surface area contributed by atoms with Crippen LogP contribution in [-0.2, 0) is 12.8 Å². The van der Waals surface area contributed by atoms with Crippen molar-refractivity contribution in [2.45, 2.75) is 26.7 Å². The molecule has 0 unspecified atom stereocenters. The average Bonchev–Trinajstić information content (AvgIpc) is 3.75. The van der Waals surface area contributed by atoms with Gasteiger partial charge in [-0.15, -0.1) is 0 Å². The molecule has 44 heavy (non-hydrogen) atoms. The Morgan fingerprint density at radius 3 is 1.32 bits per heavy atom. The zero-order chi connectivity index (χ0) is 31.1. The van der Waals surface area contributed by atoms with E-state index in [0.717, 1.165) is 54.7 Å². The third-order valence-corrected chi connectivity index (χ3v) is 12.0. The molecule has 220 valence electrons. The number of carbonyl (C=O) groups is 1. The Labute approximate surface area is 270 Å². The van der Waals surface area contributed by atoms with E-state index in [1.165, 1.54) is 15.6 Å². The Balaban J connectivity index is 0.000000175. The second-order valence-corrected chi connectivity index (χ2v) is 14.9. The first-order chi connectivity index (χ1) is 21.4. The van der Waals surface area contributed by atoms with Crippen LogP contribution >= 0.6 is 0 Å². The van der Waals surface area contributed by atoms with Crippen LogP contribution in [0.4, 0.5) is 8.78 Å².